The molecule has 0 aliphatic rings. The van der Waals surface area contributed by atoms with Gasteiger partial charge >= 0.3 is 0 Å². The number of likely N-dealkylation sites (N-methyl/N-ethyl adjacent to an activating group) is 1. The third kappa shape index (κ3) is 5.37. The highest BCUT2D eigenvalue weighted by atomic mass is 19.1. The van der Waals surface area contributed by atoms with Gasteiger partial charge in [0.05, 0.1) is 6.20 Å². The summed E-state index contributed by atoms with van der Waals surface area (Å²) in [7, 11) is 0. The molecule has 0 radical (unpaired) electrons. The third-order valence-electron chi connectivity index (χ3n) is 3.77. The second kappa shape index (κ2) is 8.91. The van der Waals surface area contributed by atoms with Crippen LogP contribution in [0.3, 0.4) is 0 Å². The average Bonchev–Trinajstić information content (AvgIpc) is 3.04. The molecule has 2 amide bonds. The number of aromatic nitrogens is 3. The molecule has 2 rings (SSSR count). The molecule has 1 aromatic heterocycles. The van der Waals surface area contributed by atoms with E-state index in [9.17, 15) is 14.0 Å². The smallest absolute Gasteiger partial charge is 0.273 e. The number of carbonyl (C=O) groups is 2. The molecular formula is C17H22FN5O2. The quantitative estimate of drug-likeness (QED) is 0.780. The van der Waals surface area contributed by atoms with Crippen LogP contribution in [0.15, 0.2) is 30.5 Å². The maximum Gasteiger partial charge on any atom is 0.273 e. The van der Waals surface area contributed by atoms with Crippen molar-refractivity contribution in [1.29, 1.82) is 0 Å². The van der Waals surface area contributed by atoms with E-state index in [-0.39, 0.29) is 29.9 Å². The van der Waals surface area contributed by atoms with Crippen molar-refractivity contribution in [2.24, 2.45) is 0 Å². The zero-order valence-corrected chi connectivity index (χ0v) is 14.4. The highest BCUT2D eigenvalue weighted by Crippen LogP contribution is 2.04. The Kier molecular flexibility index (Phi) is 6.62. The minimum absolute atomic E-state index is 0.0469. The van der Waals surface area contributed by atoms with E-state index in [4.69, 9.17) is 0 Å². The van der Waals surface area contributed by atoms with Crippen LogP contribution in [0.5, 0.6) is 0 Å². The van der Waals surface area contributed by atoms with Crippen molar-refractivity contribution in [2.45, 2.75) is 26.8 Å². The van der Waals surface area contributed by atoms with Gasteiger partial charge < -0.3 is 10.2 Å². The molecule has 0 spiro atoms. The molecule has 134 valence electrons. The Bertz CT molecular complexity index is 727. The summed E-state index contributed by atoms with van der Waals surface area (Å²) < 4.78 is 14.4. The second-order valence-corrected chi connectivity index (χ2v) is 5.50. The van der Waals surface area contributed by atoms with Crippen LogP contribution in [0.1, 0.15) is 29.9 Å². The van der Waals surface area contributed by atoms with Crippen molar-refractivity contribution in [3.63, 3.8) is 0 Å². The Labute approximate surface area is 145 Å². The maximum absolute atomic E-state index is 13.1. The van der Waals surface area contributed by atoms with Crippen LogP contribution in [0, 0.1) is 5.82 Å². The van der Waals surface area contributed by atoms with Gasteiger partial charge in [-0.25, -0.2) is 9.07 Å². The van der Waals surface area contributed by atoms with E-state index in [1.54, 1.807) is 17.0 Å². The van der Waals surface area contributed by atoms with Gasteiger partial charge in [-0.3, -0.25) is 9.59 Å². The molecule has 0 unspecified atom stereocenters. The molecule has 0 atom stereocenters. The Balaban J connectivity index is 1.84. The zero-order valence-electron chi connectivity index (χ0n) is 14.4. The molecule has 7 nitrogen and oxygen atoms in total. The summed E-state index contributed by atoms with van der Waals surface area (Å²) in [6, 6.07) is 6.23. The first kappa shape index (κ1) is 18.6. The number of nitrogens with zero attached hydrogens (tertiary/aromatic N) is 4. The van der Waals surface area contributed by atoms with Gasteiger partial charge in [0.1, 0.15) is 12.4 Å². The van der Waals surface area contributed by atoms with E-state index in [0.717, 1.165) is 5.56 Å². The first-order valence-corrected chi connectivity index (χ1v) is 8.24. The second-order valence-electron chi connectivity index (χ2n) is 5.50. The Morgan fingerprint density at radius 2 is 2.04 bits per heavy atom. The van der Waals surface area contributed by atoms with Crippen LogP contribution in [0.25, 0.3) is 0 Å². The zero-order chi connectivity index (χ0) is 18.2. The highest BCUT2D eigenvalue weighted by Gasteiger charge is 2.14. The van der Waals surface area contributed by atoms with Gasteiger partial charge in [0.15, 0.2) is 5.69 Å². The lowest BCUT2D eigenvalue weighted by Crippen LogP contribution is -2.33. The highest BCUT2D eigenvalue weighted by molar-refractivity contribution is 5.91. The predicted molar refractivity (Wildman–Crippen MR) is 90.4 cm³/mol. The maximum atomic E-state index is 13.1. The Morgan fingerprint density at radius 1 is 1.28 bits per heavy atom. The normalized spacial score (nSPS) is 10.5. The van der Waals surface area contributed by atoms with Gasteiger partial charge in [0.25, 0.3) is 5.91 Å². The standard InChI is InChI=1S/C17H22FN5O2/c1-3-22(4-2)16(24)12-23-11-15(20-21-23)17(25)19-9-8-13-6-5-7-14(18)10-13/h5-7,10-11H,3-4,8-9,12H2,1-2H3,(H,19,25). The summed E-state index contributed by atoms with van der Waals surface area (Å²) >= 11 is 0. The van der Waals surface area contributed by atoms with E-state index >= 15 is 0 Å². The molecular weight excluding hydrogens is 325 g/mol. The SMILES string of the molecule is CCN(CC)C(=O)Cn1cc(C(=O)NCCc2cccc(F)c2)nn1. The van der Waals surface area contributed by atoms with Crippen molar-refractivity contribution >= 4 is 11.8 Å². The van der Waals surface area contributed by atoms with Gasteiger partial charge in [-0.05, 0) is 38.0 Å². The largest absolute Gasteiger partial charge is 0.350 e. The molecule has 0 fully saturated rings. The van der Waals surface area contributed by atoms with Gasteiger partial charge in [0, 0.05) is 19.6 Å². The van der Waals surface area contributed by atoms with Gasteiger partial charge in [-0.1, -0.05) is 17.3 Å². The predicted octanol–water partition coefficient (Wildman–Crippen LogP) is 1.26. The van der Waals surface area contributed by atoms with Crippen molar-refractivity contribution in [3.8, 4) is 0 Å². The van der Waals surface area contributed by atoms with E-state index in [1.165, 1.54) is 23.0 Å². The molecule has 0 aliphatic heterocycles. The topological polar surface area (TPSA) is 80.1 Å². The minimum atomic E-state index is -0.377. The lowest BCUT2D eigenvalue weighted by molar-refractivity contribution is -0.131. The van der Waals surface area contributed by atoms with Crippen LogP contribution in [-0.2, 0) is 17.8 Å². The molecule has 0 saturated heterocycles. The summed E-state index contributed by atoms with van der Waals surface area (Å²) in [6.07, 6.45) is 1.96. The molecule has 0 aliphatic carbocycles. The number of rotatable bonds is 8. The number of hydrogen-bond acceptors (Lipinski definition) is 4. The lowest BCUT2D eigenvalue weighted by atomic mass is 10.1. The average molecular weight is 347 g/mol. The number of halogens is 1. The van der Waals surface area contributed by atoms with E-state index < -0.39 is 0 Å². The molecule has 1 heterocycles. The summed E-state index contributed by atoms with van der Waals surface area (Å²) in [6.45, 7) is 5.45. The van der Waals surface area contributed by atoms with Crippen LogP contribution < -0.4 is 5.32 Å². The number of nitrogens with one attached hydrogen (secondary N) is 1. The van der Waals surface area contributed by atoms with E-state index in [1.807, 2.05) is 13.8 Å². The van der Waals surface area contributed by atoms with Gasteiger partial charge in [-0.15, -0.1) is 5.10 Å². The molecule has 8 heteroatoms. The van der Waals surface area contributed by atoms with Crippen LogP contribution >= 0.6 is 0 Å². The summed E-state index contributed by atoms with van der Waals surface area (Å²) in [5, 5.41) is 10.3. The third-order valence-corrected chi connectivity index (χ3v) is 3.77. The first-order valence-electron chi connectivity index (χ1n) is 8.24. The van der Waals surface area contributed by atoms with E-state index in [0.29, 0.717) is 26.1 Å². The van der Waals surface area contributed by atoms with Crippen molar-refractivity contribution in [2.75, 3.05) is 19.6 Å². The molecule has 2 aromatic rings. The summed E-state index contributed by atoms with van der Waals surface area (Å²) in [5.41, 5.74) is 0.945. The van der Waals surface area contributed by atoms with E-state index in [2.05, 4.69) is 15.6 Å². The molecule has 1 N–H and O–H groups in total. The van der Waals surface area contributed by atoms with Crippen molar-refractivity contribution < 1.29 is 14.0 Å². The number of hydrogen-bond donors (Lipinski definition) is 1. The first-order chi connectivity index (χ1) is 12.0. The summed E-state index contributed by atoms with van der Waals surface area (Å²) in [5.74, 6) is -0.754. The monoisotopic (exact) mass is 347 g/mol. The van der Waals surface area contributed by atoms with Crippen LogP contribution in [0.4, 0.5) is 4.39 Å². The fourth-order valence-electron chi connectivity index (χ4n) is 2.40. The van der Waals surface area contributed by atoms with Crippen LogP contribution in [-0.4, -0.2) is 51.3 Å². The van der Waals surface area contributed by atoms with Crippen molar-refractivity contribution in [1.82, 2.24) is 25.2 Å². The Hall–Kier alpha value is -2.77. The van der Waals surface area contributed by atoms with Gasteiger partial charge in [0.2, 0.25) is 5.91 Å². The minimum Gasteiger partial charge on any atom is -0.350 e. The lowest BCUT2D eigenvalue weighted by Gasteiger charge is -2.17. The molecule has 0 saturated carbocycles. The Morgan fingerprint density at radius 3 is 2.72 bits per heavy atom. The summed E-state index contributed by atoms with van der Waals surface area (Å²) in [4.78, 5) is 25.7. The number of amides is 2. The number of benzene rings is 1. The fourth-order valence-corrected chi connectivity index (χ4v) is 2.40. The van der Waals surface area contributed by atoms with Crippen LogP contribution in [0.2, 0.25) is 0 Å². The molecule has 1 aromatic carbocycles. The van der Waals surface area contributed by atoms with Gasteiger partial charge in [-0.2, -0.15) is 0 Å². The molecule has 0 bridgehead atoms. The fraction of sp³-hybridized carbons (Fsp3) is 0.412. The number of carbonyl (C=O) groups excluding carboxylic acids is 2. The molecule has 25 heavy (non-hydrogen) atoms. The van der Waals surface area contributed by atoms with Crippen molar-refractivity contribution in [3.05, 3.63) is 47.5 Å².